The van der Waals surface area contributed by atoms with Crippen LogP contribution in [0.4, 0.5) is 17.2 Å². The maximum Gasteiger partial charge on any atom is 0.138 e. The van der Waals surface area contributed by atoms with Gasteiger partial charge in [0.25, 0.3) is 0 Å². The minimum atomic E-state index is -0.676. The molecule has 1 aliphatic heterocycles. The molecule has 0 fully saturated rings. The molecule has 0 amide bonds. The number of furan rings is 1. The lowest BCUT2D eigenvalue weighted by atomic mass is 9.64. The molecule has 10 aromatic carbocycles. The van der Waals surface area contributed by atoms with Crippen molar-refractivity contribution in [2.45, 2.75) is 12.3 Å². The number of benzene rings is 10. The van der Waals surface area contributed by atoms with Gasteiger partial charge in [0.05, 0.1) is 33.5 Å². The lowest BCUT2D eigenvalue weighted by Gasteiger charge is -2.45. The van der Waals surface area contributed by atoms with Crippen molar-refractivity contribution in [3.05, 3.63) is 270 Å². The monoisotopic (exact) mass is 905 g/mol. The van der Waals surface area contributed by atoms with Gasteiger partial charge >= 0.3 is 0 Å². The number of hydrogen-bond acceptors (Lipinski definition) is 3. The molecule has 3 aromatic heterocycles. The molecular formula is C67H43N3O. The predicted molar refractivity (Wildman–Crippen MR) is 292 cm³/mol. The van der Waals surface area contributed by atoms with Crippen molar-refractivity contribution in [1.29, 1.82) is 0 Å². The number of aryl methyl sites for hydroxylation is 1. The lowest BCUT2D eigenvalue weighted by molar-refractivity contribution is 0.668. The zero-order valence-corrected chi connectivity index (χ0v) is 38.8. The highest BCUT2D eigenvalue weighted by atomic mass is 16.3. The molecule has 2 aliphatic rings. The molecule has 0 saturated heterocycles. The summed E-state index contributed by atoms with van der Waals surface area (Å²) in [5.74, 6) is 0.852. The van der Waals surface area contributed by atoms with Gasteiger partial charge in [-0.2, -0.15) is 0 Å². The molecule has 1 aliphatic carbocycles. The summed E-state index contributed by atoms with van der Waals surface area (Å²) in [6, 6.07) is 88.7. The third-order valence-electron chi connectivity index (χ3n) is 15.3. The molecule has 332 valence electrons. The van der Waals surface area contributed by atoms with Gasteiger partial charge in [-0.25, -0.2) is 4.98 Å². The van der Waals surface area contributed by atoms with E-state index in [1.165, 1.54) is 60.8 Å². The van der Waals surface area contributed by atoms with Gasteiger partial charge in [0.2, 0.25) is 0 Å². The van der Waals surface area contributed by atoms with E-state index < -0.39 is 5.41 Å². The minimum absolute atomic E-state index is 0.676. The van der Waals surface area contributed by atoms with E-state index in [1.54, 1.807) is 0 Å². The number of hydrogen-bond donors (Lipinski definition) is 0. The molecule has 13 aromatic rings. The van der Waals surface area contributed by atoms with Crippen LogP contribution in [0.3, 0.4) is 0 Å². The van der Waals surface area contributed by atoms with Crippen molar-refractivity contribution in [3.63, 3.8) is 0 Å². The van der Waals surface area contributed by atoms with Crippen LogP contribution in [-0.2, 0) is 5.41 Å². The largest absolute Gasteiger partial charge is 0.456 e. The number of rotatable bonds is 5. The van der Waals surface area contributed by atoms with Crippen molar-refractivity contribution < 1.29 is 4.42 Å². The number of aromatic nitrogens is 2. The van der Waals surface area contributed by atoms with Crippen LogP contribution < -0.4 is 4.90 Å². The summed E-state index contributed by atoms with van der Waals surface area (Å²) in [4.78, 5) is 8.08. The Hall–Kier alpha value is -9.25. The Morgan fingerprint density at radius 3 is 1.90 bits per heavy atom. The second kappa shape index (κ2) is 15.1. The van der Waals surface area contributed by atoms with Crippen molar-refractivity contribution in [1.82, 2.24) is 9.55 Å². The Labute approximate surface area is 411 Å². The van der Waals surface area contributed by atoms with E-state index in [0.717, 1.165) is 78.3 Å². The fourth-order valence-electron chi connectivity index (χ4n) is 12.2. The number of anilines is 3. The Kier molecular flexibility index (Phi) is 8.46. The standard InChI is InChI=1S/C67H43N3O/c1-42-28-32-48(33-29-42)69-58-25-13-9-20-49(58)52-38-45(31-36-59(52)69)46-30-34-55-61(40-46)70(64-41-47(43-16-4-2-5-17-43)39-57(68-64)44-18-6-3-7-19-44)60-26-14-12-24-54(60)67(55)53-23-11-8-21-50(53)65-56(67)35-37-63-66(65)51-22-10-15-27-62(51)71-63/h2-41H,1H3. The number of fused-ring (bicyclic) bond motifs is 16. The Balaban J connectivity index is 1.03. The van der Waals surface area contributed by atoms with Crippen molar-refractivity contribution in [2.24, 2.45) is 0 Å². The maximum atomic E-state index is 6.61. The predicted octanol–water partition coefficient (Wildman–Crippen LogP) is 17.5. The summed E-state index contributed by atoms with van der Waals surface area (Å²) in [6.07, 6.45) is 0. The van der Waals surface area contributed by atoms with Gasteiger partial charge in [0.15, 0.2) is 0 Å². The fourth-order valence-corrected chi connectivity index (χ4v) is 12.2. The smallest absolute Gasteiger partial charge is 0.138 e. The van der Waals surface area contributed by atoms with Crippen LogP contribution in [0, 0.1) is 6.92 Å². The third-order valence-corrected chi connectivity index (χ3v) is 15.3. The molecule has 0 bridgehead atoms. The third kappa shape index (κ3) is 5.70. The highest BCUT2D eigenvalue weighted by Crippen LogP contribution is 2.65. The summed E-state index contributed by atoms with van der Waals surface area (Å²) in [5, 5.41) is 4.73. The van der Waals surface area contributed by atoms with E-state index in [4.69, 9.17) is 9.40 Å². The Bertz CT molecular complexity index is 4240. The first-order chi connectivity index (χ1) is 35.1. The van der Waals surface area contributed by atoms with Gasteiger partial charge in [-0.1, -0.05) is 181 Å². The van der Waals surface area contributed by atoms with E-state index >= 15 is 0 Å². The van der Waals surface area contributed by atoms with Crippen LogP contribution in [0.1, 0.15) is 27.8 Å². The first-order valence-corrected chi connectivity index (χ1v) is 24.4. The number of nitrogens with zero attached hydrogens (tertiary/aromatic N) is 3. The van der Waals surface area contributed by atoms with Crippen LogP contribution in [0.15, 0.2) is 247 Å². The normalized spacial score (nSPS) is 14.6. The van der Waals surface area contributed by atoms with Crippen LogP contribution in [-0.4, -0.2) is 9.55 Å². The molecule has 4 heterocycles. The summed E-state index contributed by atoms with van der Waals surface area (Å²) in [5.41, 5.74) is 21.9. The SMILES string of the molecule is Cc1ccc(-n2c3ccccc3c3cc(-c4ccc5c(c4)N(c4cc(-c6ccccc6)cc(-c6ccccc6)n4)c4ccccc4C54c5ccccc5-c5c4ccc4oc6ccccc6c54)ccc32)cc1. The quantitative estimate of drug-likeness (QED) is 0.173. The van der Waals surface area contributed by atoms with Crippen molar-refractivity contribution in [3.8, 4) is 50.3 Å². The zero-order chi connectivity index (χ0) is 46.8. The molecular weight excluding hydrogens is 863 g/mol. The van der Waals surface area contributed by atoms with Gasteiger partial charge in [-0.05, 0) is 129 Å². The second-order valence-electron chi connectivity index (χ2n) is 19.1. The highest BCUT2D eigenvalue weighted by molar-refractivity contribution is 6.16. The van der Waals surface area contributed by atoms with Crippen LogP contribution in [0.2, 0.25) is 0 Å². The molecule has 4 nitrogen and oxygen atoms in total. The summed E-state index contributed by atoms with van der Waals surface area (Å²) >= 11 is 0. The average molecular weight is 906 g/mol. The number of pyridine rings is 1. The van der Waals surface area contributed by atoms with Gasteiger partial charge in [-0.3, -0.25) is 4.90 Å². The second-order valence-corrected chi connectivity index (χ2v) is 19.1. The van der Waals surface area contributed by atoms with E-state index in [1.807, 2.05) is 0 Å². The van der Waals surface area contributed by atoms with Gasteiger partial charge in [-0.15, -0.1) is 0 Å². The maximum absolute atomic E-state index is 6.61. The van der Waals surface area contributed by atoms with Crippen LogP contribution >= 0.6 is 0 Å². The van der Waals surface area contributed by atoms with E-state index in [9.17, 15) is 0 Å². The fraction of sp³-hybridized carbons (Fsp3) is 0.0299. The average Bonchev–Trinajstić information content (AvgIpc) is 4.09. The van der Waals surface area contributed by atoms with Crippen molar-refractivity contribution >= 4 is 60.9 Å². The van der Waals surface area contributed by atoms with Crippen LogP contribution in [0.5, 0.6) is 0 Å². The van der Waals surface area contributed by atoms with Gasteiger partial charge in [0.1, 0.15) is 17.0 Å². The summed E-state index contributed by atoms with van der Waals surface area (Å²) < 4.78 is 9.01. The van der Waals surface area contributed by atoms with Crippen LogP contribution in [0.25, 0.3) is 94.1 Å². The molecule has 15 rings (SSSR count). The van der Waals surface area contributed by atoms with E-state index in [0.29, 0.717) is 0 Å². The molecule has 1 spiro atoms. The minimum Gasteiger partial charge on any atom is -0.456 e. The molecule has 0 saturated carbocycles. The zero-order valence-electron chi connectivity index (χ0n) is 38.8. The molecule has 0 N–H and O–H groups in total. The summed E-state index contributed by atoms with van der Waals surface area (Å²) in [6.45, 7) is 2.14. The Morgan fingerprint density at radius 1 is 0.408 bits per heavy atom. The lowest BCUT2D eigenvalue weighted by Crippen LogP contribution is -2.36. The number of para-hydroxylation sites is 3. The molecule has 1 unspecified atom stereocenters. The Morgan fingerprint density at radius 2 is 1.06 bits per heavy atom. The van der Waals surface area contributed by atoms with E-state index in [-0.39, 0.29) is 0 Å². The van der Waals surface area contributed by atoms with Gasteiger partial charge in [0, 0.05) is 32.8 Å². The summed E-state index contributed by atoms with van der Waals surface area (Å²) in [7, 11) is 0. The molecule has 4 heteroatoms. The topological polar surface area (TPSA) is 34.2 Å². The van der Waals surface area contributed by atoms with E-state index in [2.05, 4.69) is 259 Å². The first kappa shape index (κ1) is 39.7. The first-order valence-electron chi connectivity index (χ1n) is 24.4. The highest BCUT2D eigenvalue weighted by Gasteiger charge is 2.52. The molecule has 0 radical (unpaired) electrons. The van der Waals surface area contributed by atoms with Crippen molar-refractivity contribution in [2.75, 3.05) is 4.90 Å². The molecule has 1 atom stereocenters. The van der Waals surface area contributed by atoms with Gasteiger partial charge < -0.3 is 8.98 Å². The molecule has 71 heavy (non-hydrogen) atoms.